The predicted octanol–water partition coefficient (Wildman–Crippen LogP) is 4.21. The summed E-state index contributed by atoms with van der Waals surface area (Å²) < 4.78 is 18.7. The Balaban J connectivity index is 1.60. The molecule has 156 valence electrons. The van der Waals surface area contributed by atoms with Gasteiger partial charge in [-0.05, 0) is 30.0 Å². The first-order valence-corrected chi connectivity index (χ1v) is 10.2. The van der Waals surface area contributed by atoms with Crippen LogP contribution in [0, 0.1) is 5.92 Å². The normalized spacial score (nSPS) is 29.9. The van der Waals surface area contributed by atoms with Gasteiger partial charge in [0, 0.05) is 10.8 Å². The summed E-state index contributed by atoms with van der Waals surface area (Å²) in [5, 5.41) is 3.99. The number of carbonyl (C=O) groups is 1. The molecule has 7 heteroatoms. The van der Waals surface area contributed by atoms with Crippen LogP contribution in [-0.2, 0) is 32.2 Å². The molecule has 2 bridgehead atoms. The highest BCUT2D eigenvalue weighted by Crippen LogP contribution is 2.42. The first-order chi connectivity index (χ1) is 14.7. The maximum Gasteiger partial charge on any atom is 0.135 e. The molecule has 0 amide bonds. The molecule has 4 rings (SSSR count). The number of hydrogen-bond donors (Lipinski definition) is 0. The lowest BCUT2D eigenvalue weighted by molar-refractivity contribution is -0.198. The Morgan fingerprint density at radius 3 is 2.13 bits per heavy atom. The molecule has 2 fully saturated rings. The van der Waals surface area contributed by atoms with Gasteiger partial charge in [-0.25, -0.2) is 0 Å². The van der Waals surface area contributed by atoms with Crippen molar-refractivity contribution in [2.45, 2.75) is 57.0 Å². The van der Waals surface area contributed by atoms with Crippen LogP contribution in [0.3, 0.4) is 0 Å². The first-order valence-electron chi connectivity index (χ1n) is 10.2. The molecule has 0 saturated carbocycles. The average Bonchev–Trinajstić information content (AvgIpc) is 3.16. The average molecular weight is 407 g/mol. The Labute approximate surface area is 175 Å². The van der Waals surface area contributed by atoms with Crippen molar-refractivity contribution >= 4 is 5.78 Å². The zero-order valence-corrected chi connectivity index (χ0v) is 16.8. The molecule has 2 aliphatic rings. The molecule has 0 radical (unpaired) electrons. The van der Waals surface area contributed by atoms with Gasteiger partial charge in [-0.2, -0.15) is 0 Å². The summed E-state index contributed by atoms with van der Waals surface area (Å²) in [5.41, 5.74) is 11.2. The van der Waals surface area contributed by atoms with Crippen LogP contribution in [0.1, 0.15) is 24.5 Å². The van der Waals surface area contributed by atoms with E-state index in [2.05, 4.69) is 10.0 Å². The zero-order chi connectivity index (χ0) is 20.9. The molecule has 6 atom stereocenters. The van der Waals surface area contributed by atoms with E-state index >= 15 is 0 Å². The lowest BCUT2D eigenvalue weighted by Gasteiger charge is -2.41. The Bertz CT molecular complexity index is 901. The van der Waals surface area contributed by atoms with Crippen molar-refractivity contribution in [1.82, 2.24) is 0 Å². The van der Waals surface area contributed by atoms with E-state index in [4.69, 9.17) is 19.7 Å². The van der Waals surface area contributed by atoms with Gasteiger partial charge in [-0.3, -0.25) is 4.79 Å². The number of hydrogen-bond acceptors (Lipinski definition) is 5. The SMILES string of the molecule is CC(=O)[C@H]1C[C@H]2O[C@@H]1[C@H](OCc1ccccc1)[C@@H](OCc1ccccc1)[C@H]2N=[N+]=[N-]. The molecule has 2 aromatic rings. The largest absolute Gasteiger partial charge is 0.371 e. The van der Waals surface area contributed by atoms with Gasteiger partial charge in [0.15, 0.2) is 0 Å². The predicted molar refractivity (Wildman–Crippen MR) is 110 cm³/mol. The van der Waals surface area contributed by atoms with Crippen molar-refractivity contribution < 1.29 is 19.0 Å². The second-order valence-corrected chi connectivity index (χ2v) is 7.81. The third-order valence-corrected chi connectivity index (χ3v) is 5.86. The molecule has 0 aromatic heterocycles. The summed E-state index contributed by atoms with van der Waals surface area (Å²) in [6.45, 7) is 2.29. The topological polar surface area (TPSA) is 93.5 Å². The van der Waals surface area contributed by atoms with Crippen LogP contribution in [0.2, 0.25) is 0 Å². The minimum atomic E-state index is -0.555. The van der Waals surface area contributed by atoms with Gasteiger partial charge in [0.05, 0.1) is 37.6 Å². The fraction of sp³-hybridized carbons (Fsp3) is 0.435. The van der Waals surface area contributed by atoms with Crippen LogP contribution in [0.5, 0.6) is 0 Å². The molecule has 30 heavy (non-hydrogen) atoms. The molecule has 7 nitrogen and oxygen atoms in total. The van der Waals surface area contributed by atoms with Gasteiger partial charge < -0.3 is 14.2 Å². The Morgan fingerprint density at radius 1 is 1.03 bits per heavy atom. The smallest absolute Gasteiger partial charge is 0.135 e. The van der Waals surface area contributed by atoms with Gasteiger partial charge in [0.1, 0.15) is 11.9 Å². The van der Waals surface area contributed by atoms with Crippen LogP contribution < -0.4 is 0 Å². The third-order valence-electron chi connectivity index (χ3n) is 5.86. The molecular weight excluding hydrogens is 382 g/mol. The highest BCUT2D eigenvalue weighted by molar-refractivity contribution is 5.79. The minimum absolute atomic E-state index is 0.0548. The Kier molecular flexibility index (Phi) is 6.45. The molecule has 2 saturated heterocycles. The molecule has 0 N–H and O–H groups in total. The van der Waals surface area contributed by atoms with Crippen molar-refractivity contribution in [2.75, 3.05) is 0 Å². The van der Waals surface area contributed by atoms with E-state index in [0.29, 0.717) is 19.6 Å². The Hall–Kier alpha value is -2.70. The highest BCUT2D eigenvalue weighted by Gasteiger charge is 2.56. The number of carbonyl (C=O) groups excluding carboxylic acids is 1. The number of azide groups is 1. The summed E-state index contributed by atoms with van der Waals surface area (Å²) in [6, 6.07) is 19.1. The van der Waals surface area contributed by atoms with Crippen LogP contribution in [0.25, 0.3) is 10.4 Å². The van der Waals surface area contributed by atoms with E-state index in [1.807, 2.05) is 60.7 Å². The summed E-state index contributed by atoms with van der Waals surface area (Å²) in [5.74, 6) is -0.239. The maximum absolute atomic E-state index is 12.3. The second kappa shape index (κ2) is 9.41. The van der Waals surface area contributed by atoms with Gasteiger partial charge in [-0.1, -0.05) is 65.8 Å². The minimum Gasteiger partial charge on any atom is -0.371 e. The van der Waals surface area contributed by atoms with Crippen molar-refractivity contribution in [1.29, 1.82) is 0 Å². The van der Waals surface area contributed by atoms with Crippen LogP contribution in [0.15, 0.2) is 65.8 Å². The first kappa shape index (κ1) is 20.6. The van der Waals surface area contributed by atoms with E-state index in [1.165, 1.54) is 0 Å². The number of ketones is 1. The van der Waals surface area contributed by atoms with E-state index < -0.39 is 24.4 Å². The van der Waals surface area contributed by atoms with Gasteiger partial charge >= 0.3 is 0 Å². The summed E-state index contributed by atoms with van der Waals surface area (Å²) in [7, 11) is 0. The number of benzene rings is 2. The quantitative estimate of drug-likeness (QED) is 0.372. The van der Waals surface area contributed by atoms with Gasteiger partial charge in [-0.15, -0.1) is 0 Å². The number of rotatable bonds is 8. The molecule has 2 aliphatic heterocycles. The number of fused-ring (bicyclic) bond motifs is 2. The molecule has 2 heterocycles. The van der Waals surface area contributed by atoms with Crippen molar-refractivity contribution in [3.63, 3.8) is 0 Å². The summed E-state index contributed by atoms with van der Waals surface area (Å²) in [4.78, 5) is 15.3. The Morgan fingerprint density at radius 2 is 1.60 bits per heavy atom. The molecule has 2 aromatic carbocycles. The van der Waals surface area contributed by atoms with E-state index in [0.717, 1.165) is 11.1 Å². The number of nitrogens with zero attached hydrogens (tertiary/aromatic N) is 3. The molecular formula is C23H25N3O4. The molecule has 0 spiro atoms. The van der Waals surface area contributed by atoms with E-state index in [1.54, 1.807) is 6.92 Å². The van der Waals surface area contributed by atoms with E-state index in [-0.39, 0.29) is 17.8 Å². The monoisotopic (exact) mass is 407 g/mol. The highest BCUT2D eigenvalue weighted by atomic mass is 16.6. The fourth-order valence-corrected chi connectivity index (χ4v) is 4.37. The molecule has 0 aliphatic carbocycles. The zero-order valence-electron chi connectivity index (χ0n) is 16.8. The van der Waals surface area contributed by atoms with Gasteiger partial charge in [0.25, 0.3) is 0 Å². The fourth-order valence-electron chi connectivity index (χ4n) is 4.37. The second-order valence-electron chi connectivity index (χ2n) is 7.81. The van der Waals surface area contributed by atoms with E-state index in [9.17, 15) is 4.79 Å². The standard InChI is InChI=1S/C23H25N3O4/c1-15(27)18-12-19-20(25-26-24)22(28-13-16-8-4-2-5-9-16)23(21(18)30-19)29-14-17-10-6-3-7-11-17/h2-11,18-23H,12-14H2,1H3/t18-,19-,20+,21+,22+,23+/m1/s1. The van der Waals surface area contributed by atoms with Crippen LogP contribution >= 0.6 is 0 Å². The number of Topliss-reactive ketones (excluding diaryl/α,β-unsaturated/α-hetero) is 1. The lowest BCUT2D eigenvalue weighted by atomic mass is 9.93. The maximum atomic E-state index is 12.3. The van der Waals surface area contributed by atoms with Crippen LogP contribution in [0.4, 0.5) is 0 Å². The summed E-state index contributed by atoms with van der Waals surface area (Å²) >= 11 is 0. The number of ether oxygens (including phenoxy) is 3. The third kappa shape index (κ3) is 4.40. The summed E-state index contributed by atoms with van der Waals surface area (Å²) in [6.07, 6.45) is -1.27. The lowest BCUT2D eigenvalue weighted by Crippen LogP contribution is -2.55. The van der Waals surface area contributed by atoms with Crippen molar-refractivity contribution in [3.05, 3.63) is 82.2 Å². The molecule has 0 unspecified atom stereocenters. The van der Waals surface area contributed by atoms with Crippen LogP contribution in [-0.4, -0.2) is 36.2 Å². The van der Waals surface area contributed by atoms with Gasteiger partial charge in [0.2, 0.25) is 0 Å². The van der Waals surface area contributed by atoms with Crippen molar-refractivity contribution in [2.24, 2.45) is 11.0 Å². The van der Waals surface area contributed by atoms with Crippen molar-refractivity contribution in [3.8, 4) is 0 Å².